The quantitative estimate of drug-likeness (QED) is 0.217. The molecule has 0 aliphatic heterocycles. The number of ether oxygens (including phenoxy) is 2. The number of hydrogen-bond acceptors (Lipinski definition) is 4. The number of methoxy groups -OCH3 is 1. The van der Waals surface area contributed by atoms with Crippen LogP contribution < -0.4 is 9.47 Å². The Bertz CT molecular complexity index is 1560. The van der Waals surface area contributed by atoms with Gasteiger partial charge in [0.05, 0.1) is 36.1 Å². The maximum absolute atomic E-state index is 13.6. The maximum Gasteiger partial charge on any atom is 0.435 e. The Morgan fingerprint density at radius 2 is 1.45 bits per heavy atom. The van der Waals surface area contributed by atoms with Gasteiger partial charge in [0.1, 0.15) is 17.2 Å². The lowest BCUT2D eigenvalue weighted by molar-refractivity contribution is -0.143. The molecule has 0 saturated carbocycles. The Balaban J connectivity index is 1.87. The predicted molar refractivity (Wildman–Crippen MR) is 133 cm³/mol. The molecule has 0 amide bonds. The van der Waals surface area contributed by atoms with E-state index in [1.807, 2.05) is 0 Å². The van der Waals surface area contributed by atoms with Crippen LogP contribution in [0.2, 0.25) is 0 Å². The number of phenolic OH excluding ortho intramolecular Hbond substituents is 1. The molecule has 42 heavy (non-hydrogen) atoms. The number of hydrogen-bond donors (Lipinski definition) is 1. The first-order valence-corrected chi connectivity index (χ1v) is 12.0. The SMILES string of the molecule is COc1cccc(CCOc2ccc(-c3cc(C(F)(F)F)nn3C)c(O)c2-c2cc(C(F)(F)F)cc(C(F)(F)F)c2)c1. The molecule has 0 radical (unpaired) electrons. The third kappa shape index (κ3) is 6.58. The van der Waals surface area contributed by atoms with Crippen molar-refractivity contribution in [1.82, 2.24) is 9.78 Å². The number of alkyl halides is 9. The summed E-state index contributed by atoms with van der Waals surface area (Å²) in [5.74, 6) is -0.670. The van der Waals surface area contributed by atoms with Gasteiger partial charge in [-0.05, 0) is 59.7 Å². The Labute approximate surface area is 232 Å². The summed E-state index contributed by atoms with van der Waals surface area (Å²) in [5, 5.41) is 14.6. The van der Waals surface area contributed by atoms with Crippen molar-refractivity contribution >= 4 is 0 Å². The molecule has 1 aromatic heterocycles. The van der Waals surface area contributed by atoms with E-state index >= 15 is 0 Å². The summed E-state index contributed by atoms with van der Waals surface area (Å²) in [5.41, 5.74) is -5.83. The minimum Gasteiger partial charge on any atom is -0.506 e. The number of benzene rings is 3. The van der Waals surface area contributed by atoms with Crippen molar-refractivity contribution in [3.8, 4) is 39.6 Å². The third-order valence-corrected chi connectivity index (χ3v) is 6.24. The molecule has 1 N–H and O–H groups in total. The molecule has 224 valence electrons. The Hall–Kier alpha value is -4.36. The van der Waals surface area contributed by atoms with Crippen molar-refractivity contribution in [3.05, 3.63) is 83.0 Å². The van der Waals surface area contributed by atoms with Crippen molar-refractivity contribution in [2.24, 2.45) is 7.05 Å². The zero-order chi connectivity index (χ0) is 31.0. The zero-order valence-electron chi connectivity index (χ0n) is 21.7. The smallest absolute Gasteiger partial charge is 0.435 e. The van der Waals surface area contributed by atoms with E-state index in [4.69, 9.17) is 9.47 Å². The van der Waals surface area contributed by atoms with E-state index in [9.17, 15) is 44.6 Å². The van der Waals surface area contributed by atoms with Crippen molar-refractivity contribution in [2.75, 3.05) is 13.7 Å². The Morgan fingerprint density at radius 3 is 2.00 bits per heavy atom. The molecule has 14 heteroatoms. The molecule has 5 nitrogen and oxygen atoms in total. The molecule has 0 atom stereocenters. The molecular formula is C28H21F9N2O3. The van der Waals surface area contributed by atoms with E-state index in [-0.39, 0.29) is 36.1 Å². The second kappa shape index (κ2) is 11.1. The summed E-state index contributed by atoms with van der Waals surface area (Å²) in [6.45, 7) is -0.131. The van der Waals surface area contributed by atoms with Crippen LogP contribution in [-0.4, -0.2) is 28.6 Å². The second-order valence-corrected chi connectivity index (χ2v) is 9.12. The van der Waals surface area contributed by atoms with Crippen molar-refractivity contribution in [2.45, 2.75) is 24.9 Å². The monoisotopic (exact) mass is 604 g/mol. The van der Waals surface area contributed by atoms with E-state index in [1.54, 1.807) is 24.3 Å². The Kier molecular flexibility index (Phi) is 8.11. The molecule has 0 saturated heterocycles. The molecule has 4 rings (SSSR count). The highest BCUT2D eigenvalue weighted by molar-refractivity contribution is 5.86. The molecule has 0 aliphatic rings. The molecule has 4 aromatic rings. The van der Waals surface area contributed by atoms with E-state index < -0.39 is 52.2 Å². The minimum absolute atomic E-state index is 0.0789. The summed E-state index contributed by atoms with van der Waals surface area (Å²) in [6, 6.07) is 10.4. The molecule has 3 aromatic carbocycles. The number of phenols is 1. The van der Waals surface area contributed by atoms with Crippen LogP contribution >= 0.6 is 0 Å². The minimum atomic E-state index is -5.19. The summed E-state index contributed by atoms with van der Waals surface area (Å²) in [7, 11) is 2.59. The van der Waals surface area contributed by atoms with Crippen LogP contribution in [-0.2, 0) is 32.0 Å². The van der Waals surface area contributed by atoms with Crippen molar-refractivity contribution < 1.29 is 54.1 Å². The lowest BCUT2D eigenvalue weighted by Gasteiger charge is -2.19. The Morgan fingerprint density at radius 1 is 0.810 bits per heavy atom. The third-order valence-electron chi connectivity index (χ3n) is 6.24. The van der Waals surface area contributed by atoms with Gasteiger partial charge in [-0.15, -0.1) is 0 Å². The van der Waals surface area contributed by atoms with E-state index in [0.717, 1.165) is 29.4 Å². The van der Waals surface area contributed by atoms with E-state index in [0.29, 0.717) is 23.9 Å². The topological polar surface area (TPSA) is 56.5 Å². The van der Waals surface area contributed by atoms with Gasteiger partial charge in [-0.3, -0.25) is 4.68 Å². The zero-order valence-corrected chi connectivity index (χ0v) is 21.7. The second-order valence-electron chi connectivity index (χ2n) is 9.12. The fraction of sp³-hybridized carbons (Fsp3) is 0.250. The summed E-state index contributed by atoms with van der Waals surface area (Å²) in [6.07, 6.45) is -15.0. The van der Waals surface area contributed by atoms with Gasteiger partial charge in [-0.1, -0.05) is 12.1 Å². The van der Waals surface area contributed by atoms with Crippen LogP contribution in [0, 0.1) is 0 Å². The van der Waals surface area contributed by atoms with Crippen LogP contribution in [0.5, 0.6) is 17.2 Å². The highest BCUT2D eigenvalue weighted by Crippen LogP contribution is 2.47. The summed E-state index contributed by atoms with van der Waals surface area (Å²) in [4.78, 5) is 0. The highest BCUT2D eigenvalue weighted by Gasteiger charge is 2.38. The van der Waals surface area contributed by atoms with Crippen LogP contribution in [0.4, 0.5) is 39.5 Å². The van der Waals surface area contributed by atoms with Gasteiger partial charge < -0.3 is 14.6 Å². The molecule has 0 aliphatic carbocycles. The first-order valence-electron chi connectivity index (χ1n) is 12.0. The van der Waals surface area contributed by atoms with Gasteiger partial charge in [-0.2, -0.15) is 44.6 Å². The normalized spacial score (nSPS) is 12.5. The molecule has 0 fully saturated rings. The summed E-state index contributed by atoms with van der Waals surface area (Å²) >= 11 is 0. The first-order chi connectivity index (χ1) is 19.5. The average Bonchev–Trinajstić information content (AvgIpc) is 3.29. The van der Waals surface area contributed by atoms with Crippen molar-refractivity contribution in [1.29, 1.82) is 0 Å². The molecule has 0 spiro atoms. The lowest BCUT2D eigenvalue weighted by Crippen LogP contribution is -2.11. The number of halogens is 9. The van der Waals surface area contributed by atoms with Gasteiger partial charge in [0.15, 0.2) is 5.69 Å². The number of aromatic nitrogens is 2. The summed E-state index contributed by atoms with van der Waals surface area (Å²) < 4.78 is 133. The standard InChI is InChI=1S/C28H21F9N2O3/c1-39-21(14-23(38-39)28(35,36)37)20-6-7-22(42-9-8-15-4-3-5-19(10-15)41-2)24(25(20)40)16-11-17(26(29,30)31)13-18(12-16)27(32,33)34/h3-7,10-14,40H,8-9H2,1-2H3. The fourth-order valence-corrected chi connectivity index (χ4v) is 4.24. The van der Waals surface area contributed by atoms with Crippen LogP contribution in [0.3, 0.4) is 0 Å². The van der Waals surface area contributed by atoms with Crippen LogP contribution in [0.15, 0.2) is 60.7 Å². The fourth-order valence-electron chi connectivity index (χ4n) is 4.24. The largest absolute Gasteiger partial charge is 0.506 e. The molecular weight excluding hydrogens is 583 g/mol. The maximum atomic E-state index is 13.6. The molecule has 0 bridgehead atoms. The van der Waals surface area contributed by atoms with Gasteiger partial charge in [0.2, 0.25) is 0 Å². The molecule has 1 heterocycles. The van der Waals surface area contributed by atoms with Gasteiger partial charge in [0.25, 0.3) is 0 Å². The number of rotatable bonds is 7. The van der Waals surface area contributed by atoms with Gasteiger partial charge >= 0.3 is 18.5 Å². The highest BCUT2D eigenvalue weighted by atomic mass is 19.4. The molecule has 0 unspecified atom stereocenters. The lowest BCUT2D eigenvalue weighted by atomic mass is 9.95. The van der Waals surface area contributed by atoms with Crippen LogP contribution in [0.1, 0.15) is 22.4 Å². The van der Waals surface area contributed by atoms with E-state index in [1.165, 1.54) is 7.11 Å². The van der Waals surface area contributed by atoms with Gasteiger partial charge in [0, 0.05) is 19.0 Å². The number of aryl methyl sites for hydroxylation is 1. The first kappa shape index (κ1) is 30.6. The number of nitrogens with zero attached hydrogens (tertiary/aromatic N) is 2. The predicted octanol–water partition coefficient (Wildman–Crippen LogP) is 8.15. The van der Waals surface area contributed by atoms with Crippen molar-refractivity contribution in [3.63, 3.8) is 0 Å². The van der Waals surface area contributed by atoms with Gasteiger partial charge in [-0.25, -0.2) is 0 Å². The number of aromatic hydroxyl groups is 1. The van der Waals surface area contributed by atoms with Crippen LogP contribution in [0.25, 0.3) is 22.4 Å². The average molecular weight is 604 g/mol. The van der Waals surface area contributed by atoms with E-state index in [2.05, 4.69) is 5.10 Å².